The van der Waals surface area contributed by atoms with Gasteiger partial charge in [0.05, 0.1) is 16.6 Å². The fourth-order valence-electron chi connectivity index (χ4n) is 6.20. The predicted octanol–water partition coefficient (Wildman–Crippen LogP) is 10.7. The van der Waals surface area contributed by atoms with Gasteiger partial charge in [-0.15, -0.1) is 0 Å². The number of fused-ring (bicyclic) bond motifs is 5. The van der Waals surface area contributed by atoms with E-state index in [1.54, 1.807) is 0 Å². The van der Waals surface area contributed by atoms with Gasteiger partial charge in [-0.05, 0) is 35.4 Å². The molecule has 0 amide bonds. The summed E-state index contributed by atoms with van der Waals surface area (Å²) in [6.45, 7) is 0. The van der Waals surface area contributed by atoms with Crippen LogP contribution < -0.4 is 0 Å². The Hall–Kier alpha value is -6.46. The van der Waals surface area contributed by atoms with E-state index in [0.29, 0.717) is 17.5 Å². The average molecular weight is 603 g/mol. The Kier molecular flexibility index (Phi) is 6.39. The SMILES string of the molecule is c1ccc(-c2nc(-c3ccccc3)nc(-c3ccc(-c4ccc5oc6c7ccccc7nc(-c7ccccc7)c6c5c4)cc3)n2)cc1. The van der Waals surface area contributed by atoms with Gasteiger partial charge in [-0.1, -0.05) is 133 Å². The molecule has 0 aliphatic heterocycles. The quantitative estimate of drug-likeness (QED) is 0.196. The van der Waals surface area contributed by atoms with Gasteiger partial charge in [-0.3, -0.25) is 0 Å². The first-order valence-corrected chi connectivity index (χ1v) is 15.6. The van der Waals surface area contributed by atoms with E-state index in [1.165, 1.54) is 0 Å². The zero-order valence-corrected chi connectivity index (χ0v) is 25.2. The molecule has 220 valence electrons. The second kappa shape index (κ2) is 11.2. The van der Waals surface area contributed by atoms with E-state index in [4.69, 9.17) is 24.4 Å². The number of para-hydroxylation sites is 1. The summed E-state index contributed by atoms with van der Waals surface area (Å²) in [6.07, 6.45) is 0. The molecule has 47 heavy (non-hydrogen) atoms. The van der Waals surface area contributed by atoms with Crippen molar-refractivity contribution in [2.75, 3.05) is 0 Å². The number of furan rings is 1. The molecule has 0 spiro atoms. The van der Waals surface area contributed by atoms with Gasteiger partial charge in [0.25, 0.3) is 0 Å². The maximum absolute atomic E-state index is 6.53. The number of nitrogens with zero attached hydrogens (tertiary/aromatic N) is 4. The van der Waals surface area contributed by atoms with Crippen LogP contribution in [0.1, 0.15) is 0 Å². The molecule has 0 aliphatic rings. The number of hydrogen-bond donors (Lipinski definition) is 0. The van der Waals surface area contributed by atoms with Gasteiger partial charge in [0.1, 0.15) is 11.2 Å². The van der Waals surface area contributed by atoms with Gasteiger partial charge in [0.2, 0.25) is 0 Å². The summed E-state index contributed by atoms with van der Waals surface area (Å²) < 4.78 is 6.53. The monoisotopic (exact) mass is 602 g/mol. The van der Waals surface area contributed by atoms with Crippen molar-refractivity contribution in [3.05, 3.63) is 158 Å². The fraction of sp³-hybridized carbons (Fsp3) is 0. The first kappa shape index (κ1) is 26.9. The number of rotatable bonds is 5. The summed E-state index contributed by atoms with van der Waals surface area (Å²) in [4.78, 5) is 19.7. The predicted molar refractivity (Wildman–Crippen MR) is 190 cm³/mol. The van der Waals surface area contributed by atoms with E-state index >= 15 is 0 Å². The summed E-state index contributed by atoms with van der Waals surface area (Å²) in [6, 6.07) is 53.4. The van der Waals surface area contributed by atoms with Crippen molar-refractivity contribution in [2.24, 2.45) is 0 Å². The van der Waals surface area contributed by atoms with Crippen LogP contribution in [0.5, 0.6) is 0 Å². The van der Waals surface area contributed by atoms with Gasteiger partial charge in [-0.25, -0.2) is 19.9 Å². The zero-order chi connectivity index (χ0) is 31.2. The van der Waals surface area contributed by atoms with Gasteiger partial charge in [-0.2, -0.15) is 0 Å². The molecule has 5 heteroatoms. The lowest BCUT2D eigenvalue weighted by molar-refractivity contribution is 0.672. The molecule has 9 aromatic rings. The van der Waals surface area contributed by atoms with Crippen molar-refractivity contribution in [2.45, 2.75) is 0 Å². The Morgan fingerprint density at radius 3 is 1.47 bits per heavy atom. The lowest BCUT2D eigenvalue weighted by atomic mass is 9.99. The summed E-state index contributed by atoms with van der Waals surface area (Å²) in [5.74, 6) is 1.92. The molecule has 0 fully saturated rings. The number of pyridine rings is 1. The second-order valence-electron chi connectivity index (χ2n) is 11.5. The molecule has 9 rings (SSSR count). The van der Waals surface area contributed by atoms with Crippen molar-refractivity contribution in [1.29, 1.82) is 0 Å². The Morgan fingerprint density at radius 1 is 0.362 bits per heavy atom. The van der Waals surface area contributed by atoms with Crippen LogP contribution in [0.25, 0.3) is 89.4 Å². The molecular weight excluding hydrogens is 576 g/mol. The molecule has 3 aromatic heterocycles. The summed E-state index contributed by atoms with van der Waals surface area (Å²) in [5, 5.41) is 3.07. The van der Waals surface area contributed by atoms with Gasteiger partial charge in [0.15, 0.2) is 17.5 Å². The number of aromatic nitrogens is 4. The van der Waals surface area contributed by atoms with Crippen LogP contribution in [0.15, 0.2) is 162 Å². The second-order valence-corrected chi connectivity index (χ2v) is 11.5. The minimum Gasteiger partial charge on any atom is -0.455 e. The van der Waals surface area contributed by atoms with Crippen LogP contribution in [-0.4, -0.2) is 19.9 Å². The topological polar surface area (TPSA) is 64.7 Å². The van der Waals surface area contributed by atoms with Crippen LogP contribution in [0.4, 0.5) is 0 Å². The van der Waals surface area contributed by atoms with Gasteiger partial charge in [0, 0.05) is 33.0 Å². The lowest BCUT2D eigenvalue weighted by Gasteiger charge is -2.09. The third-order valence-electron chi connectivity index (χ3n) is 8.53. The maximum atomic E-state index is 6.53. The first-order valence-electron chi connectivity index (χ1n) is 15.6. The van der Waals surface area contributed by atoms with Crippen molar-refractivity contribution >= 4 is 32.8 Å². The summed E-state index contributed by atoms with van der Waals surface area (Å²) >= 11 is 0. The Bertz CT molecular complexity index is 2490. The minimum absolute atomic E-state index is 0.631. The van der Waals surface area contributed by atoms with E-state index in [1.807, 2.05) is 97.1 Å². The lowest BCUT2D eigenvalue weighted by Crippen LogP contribution is -2.00. The van der Waals surface area contributed by atoms with Crippen LogP contribution in [-0.2, 0) is 0 Å². The average Bonchev–Trinajstić information content (AvgIpc) is 3.55. The standard InChI is InChI=1S/C42H26N4O/c1-4-12-28(13-5-1)38-37-34-26-32(24-25-36(34)47-39(37)33-18-10-11-19-35(33)43-38)27-20-22-31(23-21-27)42-45-40(29-14-6-2-7-15-29)44-41(46-42)30-16-8-3-9-17-30/h1-26H. The van der Waals surface area contributed by atoms with Crippen LogP contribution in [0, 0.1) is 0 Å². The van der Waals surface area contributed by atoms with E-state index in [9.17, 15) is 0 Å². The number of benzene rings is 6. The van der Waals surface area contributed by atoms with E-state index in [2.05, 4.69) is 60.7 Å². The van der Waals surface area contributed by atoms with Crippen LogP contribution >= 0.6 is 0 Å². The molecule has 6 aromatic carbocycles. The molecule has 5 nitrogen and oxygen atoms in total. The van der Waals surface area contributed by atoms with Crippen molar-refractivity contribution in [1.82, 2.24) is 19.9 Å². The van der Waals surface area contributed by atoms with E-state index in [-0.39, 0.29) is 0 Å². The summed E-state index contributed by atoms with van der Waals surface area (Å²) in [7, 11) is 0. The van der Waals surface area contributed by atoms with Gasteiger partial charge >= 0.3 is 0 Å². The van der Waals surface area contributed by atoms with E-state index in [0.717, 1.165) is 71.9 Å². The molecule has 0 radical (unpaired) electrons. The molecule has 0 atom stereocenters. The molecule has 0 N–H and O–H groups in total. The number of hydrogen-bond acceptors (Lipinski definition) is 5. The molecule has 3 heterocycles. The zero-order valence-electron chi connectivity index (χ0n) is 25.2. The van der Waals surface area contributed by atoms with E-state index < -0.39 is 0 Å². The maximum Gasteiger partial charge on any atom is 0.164 e. The molecule has 0 saturated heterocycles. The Morgan fingerprint density at radius 2 is 0.851 bits per heavy atom. The normalized spacial score (nSPS) is 11.4. The smallest absolute Gasteiger partial charge is 0.164 e. The highest BCUT2D eigenvalue weighted by Gasteiger charge is 2.18. The van der Waals surface area contributed by atoms with Crippen LogP contribution in [0.3, 0.4) is 0 Å². The van der Waals surface area contributed by atoms with Crippen molar-refractivity contribution in [3.8, 4) is 56.5 Å². The van der Waals surface area contributed by atoms with Crippen molar-refractivity contribution < 1.29 is 4.42 Å². The molecule has 0 bridgehead atoms. The minimum atomic E-state index is 0.631. The molecule has 0 aliphatic carbocycles. The Balaban J connectivity index is 1.16. The third kappa shape index (κ3) is 4.82. The Labute approximate surface area is 270 Å². The van der Waals surface area contributed by atoms with Crippen molar-refractivity contribution in [3.63, 3.8) is 0 Å². The molecule has 0 saturated carbocycles. The first-order chi connectivity index (χ1) is 23.3. The summed E-state index contributed by atoms with van der Waals surface area (Å²) in [5.41, 5.74) is 9.57. The highest BCUT2D eigenvalue weighted by molar-refractivity contribution is 6.19. The molecule has 0 unspecified atom stereocenters. The van der Waals surface area contributed by atoms with Gasteiger partial charge < -0.3 is 4.42 Å². The third-order valence-corrected chi connectivity index (χ3v) is 8.53. The fourth-order valence-corrected chi connectivity index (χ4v) is 6.20. The highest BCUT2D eigenvalue weighted by Crippen LogP contribution is 2.41. The highest BCUT2D eigenvalue weighted by atomic mass is 16.3. The molecular formula is C42H26N4O. The van der Waals surface area contributed by atoms with Crippen LogP contribution in [0.2, 0.25) is 0 Å². The largest absolute Gasteiger partial charge is 0.455 e.